The number of hydrogen-bond acceptors (Lipinski definition) is 3. The molecule has 2 heterocycles. The second-order valence-corrected chi connectivity index (χ2v) is 12.7. The van der Waals surface area contributed by atoms with Crippen molar-refractivity contribution >= 4 is 49.2 Å². The van der Waals surface area contributed by atoms with Gasteiger partial charge in [0.05, 0.1) is 57.0 Å². The Bertz CT molecular complexity index is 2880. The van der Waals surface area contributed by atoms with E-state index < -0.39 is 0 Å². The Balaban J connectivity index is 1.09. The summed E-state index contributed by atoms with van der Waals surface area (Å²) in [6, 6.07) is 52.2. The van der Waals surface area contributed by atoms with Crippen molar-refractivity contribution in [3.05, 3.63) is 173 Å². The molecule has 1 aliphatic carbocycles. The van der Waals surface area contributed by atoms with E-state index in [2.05, 4.69) is 112 Å². The number of fused-ring (bicyclic) bond motifs is 6. The third-order valence-electron chi connectivity index (χ3n) is 9.97. The van der Waals surface area contributed by atoms with Crippen LogP contribution >= 0.6 is 0 Å². The molecular formula is C45H27N5. The van der Waals surface area contributed by atoms with E-state index in [0.29, 0.717) is 16.7 Å². The molecule has 0 radical (unpaired) electrons. The zero-order chi connectivity index (χ0) is 33.8. The zero-order valence-corrected chi connectivity index (χ0v) is 26.9. The average molecular weight is 638 g/mol. The minimum Gasteiger partial charge on any atom is -0.309 e. The highest BCUT2D eigenvalue weighted by Gasteiger charge is 2.23. The summed E-state index contributed by atoms with van der Waals surface area (Å²) in [5.41, 5.74) is 11.3. The summed E-state index contributed by atoms with van der Waals surface area (Å²) >= 11 is 0. The van der Waals surface area contributed by atoms with Gasteiger partial charge in [-0.3, -0.25) is 0 Å². The van der Waals surface area contributed by atoms with Gasteiger partial charge in [0.15, 0.2) is 0 Å². The Morgan fingerprint density at radius 1 is 0.520 bits per heavy atom. The SMILES string of the molecule is N#CC1=CC(c2ccccc2-n2c3ccccc3c3cc(C#N)ccc32)CC=C1c1ccc(-n2c3ccccc3c3cc(C#N)ccc32)cc1. The zero-order valence-electron chi connectivity index (χ0n) is 26.9. The molecule has 5 heteroatoms. The van der Waals surface area contributed by atoms with Crippen LogP contribution in [0.1, 0.15) is 34.6 Å². The molecule has 0 saturated heterocycles. The number of benzene rings is 6. The smallest absolute Gasteiger partial charge is 0.0994 e. The fourth-order valence-corrected chi connectivity index (χ4v) is 7.72. The quantitative estimate of drug-likeness (QED) is 0.193. The van der Waals surface area contributed by atoms with Gasteiger partial charge in [0.2, 0.25) is 0 Å². The van der Waals surface area contributed by atoms with E-state index in [1.54, 1.807) is 0 Å². The molecule has 8 aromatic rings. The van der Waals surface area contributed by atoms with Gasteiger partial charge in [0, 0.05) is 38.8 Å². The van der Waals surface area contributed by atoms with Gasteiger partial charge >= 0.3 is 0 Å². The van der Waals surface area contributed by atoms with Crippen molar-refractivity contribution in [1.82, 2.24) is 9.13 Å². The summed E-state index contributed by atoms with van der Waals surface area (Å²) in [7, 11) is 0. The summed E-state index contributed by atoms with van der Waals surface area (Å²) in [6.45, 7) is 0. The molecule has 0 bridgehead atoms. The monoisotopic (exact) mass is 637 g/mol. The predicted molar refractivity (Wildman–Crippen MR) is 200 cm³/mol. The van der Waals surface area contributed by atoms with Crippen LogP contribution in [0.5, 0.6) is 0 Å². The van der Waals surface area contributed by atoms with E-state index in [4.69, 9.17) is 0 Å². The van der Waals surface area contributed by atoms with Crippen LogP contribution in [0, 0.1) is 34.0 Å². The topological polar surface area (TPSA) is 81.2 Å². The van der Waals surface area contributed by atoms with Crippen LogP contribution in [0.3, 0.4) is 0 Å². The van der Waals surface area contributed by atoms with Gasteiger partial charge in [-0.05, 0) is 89.9 Å². The van der Waals surface area contributed by atoms with Crippen LogP contribution < -0.4 is 0 Å². The lowest BCUT2D eigenvalue weighted by Crippen LogP contribution is -2.07. The van der Waals surface area contributed by atoms with Gasteiger partial charge in [-0.25, -0.2) is 0 Å². The fraction of sp³-hybridized carbons (Fsp3) is 0.0444. The molecule has 0 spiro atoms. The van der Waals surface area contributed by atoms with Crippen LogP contribution in [0.25, 0.3) is 60.6 Å². The number of allylic oxidation sites excluding steroid dienone is 4. The molecule has 0 aliphatic heterocycles. The van der Waals surface area contributed by atoms with E-state index in [1.165, 1.54) is 0 Å². The van der Waals surface area contributed by atoms with Crippen LogP contribution in [0.2, 0.25) is 0 Å². The predicted octanol–water partition coefficient (Wildman–Crippen LogP) is 10.6. The Morgan fingerprint density at radius 3 is 1.72 bits per heavy atom. The first-order valence-electron chi connectivity index (χ1n) is 16.6. The molecule has 0 N–H and O–H groups in total. The lowest BCUT2D eigenvalue weighted by atomic mass is 9.83. The first-order valence-corrected chi connectivity index (χ1v) is 16.6. The first-order chi connectivity index (χ1) is 24.7. The Labute approximate surface area is 288 Å². The number of para-hydroxylation sites is 3. The summed E-state index contributed by atoms with van der Waals surface area (Å²) in [5.74, 6) is 0.00868. The highest BCUT2D eigenvalue weighted by atomic mass is 15.0. The van der Waals surface area contributed by atoms with E-state index in [-0.39, 0.29) is 5.92 Å². The van der Waals surface area contributed by atoms with Crippen molar-refractivity contribution in [2.75, 3.05) is 0 Å². The van der Waals surface area contributed by atoms with E-state index >= 15 is 0 Å². The first kappa shape index (κ1) is 29.0. The summed E-state index contributed by atoms with van der Waals surface area (Å²) in [4.78, 5) is 0. The van der Waals surface area contributed by atoms with Crippen molar-refractivity contribution in [2.45, 2.75) is 12.3 Å². The van der Waals surface area contributed by atoms with Crippen LogP contribution in [0.15, 0.2) is 151 Å². The molecule has 1 unspecified atom stereocenters. The van der Waals surface area contributed by atoms with Gasteiger partial charge < -0.3 is 9.13 Å². The van der Waals surface area contributed by atoms with Crippen LogP contribution in [0.4, 0.5) is 0 Å². The molecule has 5 nitrogen and oxygen atoms in total. The minimum absolute atomic E-state index is 0.00868. The van der Waals surface area contributed by atoms with Crippen molar-refractivity contribution in [2.24, 2.45) is 0 Å². The average Bonchev–Trinajstić information content (AvgIpc) is 3.69. The van der Waals surface area contributed by atoms with Crippen molar-refractivity contribution in [3.8, 4) is 29.6 Å². The number of hydrogen-bond donors (Lipinski definition) is 0. The lowest BCUT2D eigenvalue weighted by molar-refractivity contribution is 0.841. The maximum atomic E-state index is 10.4. The second kappa shape index (κ2) is 11.5. The molecule has 1 atom stereocenters. The van der Waals surface area contributed by atoms with E-state index in [9.17, 15) is 15.8 Å². The van der Waals surface area contributed by atoms with Crippen molar-refractivity contribution in [3.63, 3.8) is 0 Å². The molecular weight excluding hydrogens is 611 g/mol. The number of aromatic nitrogens is 2. The van der Waals surface area contributed by atoms with Gasteiger partial charge in [-0.15, -0.1) is 0 Å². The van der Waals surface area contributed by atoms with Crippen LogP contribution in [-0.4, -0.2) is 9.13 Å². The fourth-order valence-electron chi connectivity index (χ4n) is 7.72. The molecule has 50 heavy (non-hydrogen) atoms. The number of nitrogens with zero attached hydrogens (tertiary/aromatic N) is 5. The third kappa shape index (κ3) is 4.45. The van der Waals surface area contributed by atoms with Crippen molar-refractivity contribution < 1.29 is 0 Å². The Morgan fingerprint density at radius 2 is 1.08 bits per heavy atom. The number of rotatable bonds is 4. The standard InChI is InChI=1S/C45H27N5/c46-26-29-13-21-44-39(23-29)37-8-2-5-11-42(37)49(44)34-18-15-31(16-19-34)35-20-17-32(25-33(35)28-48)36-7-1-4-10-41(36)50-43-12-6-3-9-38(43)40-24-30(27-47)14-22-45(40)50/h1-16,18-25,32H,17H2. The van der Waals surface area contributed by atoms with E-state index in [1.807, 2.05) is 60.7 Å². The van der Waals surface area contributed by atoms with Gasteiger partial charge in [0.25, 0.3) is 0 Å². The maximum Gasteiger partial charge on any atom is 0.0994 e. The van der Waals surface area contributed by atoms with Gasteiger partial charge in [-0.2, -0.15) is 15.8 Å². The highest BCUT2D eigenvalue weighted by molar-refractivity contribution is 6.10. The highest BCUT2D eigenvalue weighted by Crippen LogP contribution is 2.41. The normalized spacial score (nSPS) is 14.3. The molecule has 0 saturated carbocycles. The lowest BCUT2D eigenvalue weighted by Gasteiger charge is -2.23. The molecule has 6 aromatic carbocycles. The molecule has 2 aromatic heterocycles. The van der Waals surface area contributed by atoms with Gasteiger partial charge in [0.1, 0.15) is 0 Å². The van der Waals surface area contributed by atoms with Gasteiger partial charge in [-0.1, -0.05) is 78.9 Å². The van der Waals surface area contributed by atoms with Crippen molar-refractivity contribution in [1.29, 1.82) is 15.8 Å². The summed E-state index contributed by atoms with van der Waals surface area (Å²) in [5, 5.41) is 33.9. The molecule has 9 rings (SSSR count). The molecule has 0 amide bonds. The summed E-state index contributed by atoms with van der Waals surface area (Å²) < 4.78 is 4.52. The molecule has 1 aliphatic rings. The maximum absolute atomic E-state index is 10.4. The molecule has 0 fully saturated rings. The molecule has 232 valence electrons. The Hall–Kier alpha value is -7.13. The summed E-state index contributed by atoms with van der Waals surface area (Å²) in [6.07, 6.45) is 5.07. The third-order valence-corrected chi connectivity index (χ3v) is 9.97. The van der Waals surface area contributed by atoms with E-state index in [0.717, 1.165) is 78.1 Å². The second-order valence-electron chi connectivity index (χ2n) is 12.7. The van der Waals surface area contributed by atoms with Crippen LogP contribution in [-0.2, 0) is 0 Å². The Kier molecular flexibility index (Phi) is 6.70. The largest absolute Gasteiger partial charge is 0.309 e. The number of nitriles is 3. The minimum atomic E-state index is 0.00868.